The Morgan fingerprint density at radius 3 is 2.81 bits per heavy atom. The first-order valence-corrected chi connectivity index (χ1v) is 7.22. The van der Waals surface area contributed by atoms with E-state index >= 15 is 0 Å². The lowest BCUT2D eigenvalue weighted by Crippen LogP contribution is -2.33. The Morgan fingerprint density at radius 1 is 1.29 bits per heavy atom. The van der Waals surface area contributed by atoms with E-state index in [9.17, 15) is 5.11 Å². The van der Waals surface area contributed by atoms with Crippen molar-refractivity contribution in [3.8, 4) is 11.5 Å². The smallest absolute Gasteiger partial charge is 0.161 e. The van der Waals surface area contributed by atoms with E-state index < -0.39 is 18.5 Å². The molecular formula is C17H23NO3. The Morgan fingerprint density at radius 2 is 2.10 bits per heavy atom. The molecule has 0 spiro atoms. The zero-order chi connectivity index (χ0) is 17.5. The molecule has 0 radical (unpaired) electrons. The lowest BCUT2D eigenvalue weighted by atomic mass is 9.70. The summed E-state index contributed by atoms with van der Waals surface area (Å²) >= 11 is 0. The second kappa shape index (κ2) is 5.26. The highest BCUT2D eigenvalue weighted by Crippen LogP contribution is 2.50. The van der Waals surface area contributed by atoms with Crippen molar-refractivity contribution < 1.29 is 18.7 Å². The van der Waals surface area contributed by atoms with Gasteiger partial charge in [0.2, 0.25) is 0 Å². The fraction of sp³-hybridized carbons (Fsp3) is 0.529. The number of aliphatic hydroxyl groups excluding tert-OH is 1. The first-order chi connectivity index (χ1) is 11.3. The molecule has 1 N–H and O–H groups in total. The molecule has 21 heavy (non-hydrogen) atoms. The molecule has 0 aromatic heterocycles. The number of hydrogen-bond acceptors (Lipinski definition) is 4. The van der Waals surface area contributed by atoms with E-state index in [0.717, 1.165) is 5.56 Å². The van der Waals surface area contributed by atoms with Crippen LogP contribution < -0.4 is 9.47 Å². The monoisotopic (exact) mass is 292 g/mol. The Hall–Kier alpha value is -1.68. The second-order valence-corrected chi connectivity index (χ2v) is 5.71. The summed E-state index contributed by atoms with van der Waals surface area (Å²) in [5.41, 5.74) is 1.31. The van der Waals surface area contributed by atoms with E-state index in [1.165, 1.54) is 4.90 Å². The number of rotatable bonds is 3. The Balaban J connectivity index is 2.10. The van der Waals surface area contributed by atoms with Crippen molar-refractivity contribution in [2.45, 2.75) is 30.8 Å². The van der Waals surface area contributed by atoms with Crippen molar-refractivity contribution >= 4 is 0 Å². The van der Waals surface area contributed by atoms with Crippen molar-refractivity contribution in [3.63, 3.8) is 0 Å². The molecule has 1 aromatic rings. The van der Waals surface area contributed by atoms with Gasteiger partial charge >= 0.3 is 0 Å². The first kappa shape index (κ1) is 11.0. The van der Waals surface area contributed by atoms with Crippen LogP contribution in [-0.2, 0) is 5.41 Å². The van der Waals surface area contributed by atoms with Crippen molar-refractivity contribution in [2.75, 3.05) is 27.7 Å². The fourth-order valence-electron chi connectivity index (χ4n) is 3.54. The number of allylic oxidation sites excluding steroid dienone is 1. The highest BCUT2D eigenvalue weighted by Gasteiger charge is 2.45. The van der Waals surface area contributed by atoms with Crippen molar-refractivity contribution in [1.29, 1.82) is 0 Å². The topological polar surface area (TPSA) is 41.9 Å². The van der Waals surface area contributed by atoms with E-state index in [1.807, 2.05) is 18.2 Å². The summed E-state index contributed by atoms with van der Waals surface area (Å²) in [7, 11) is 3.17. The van der Waals surface area contributed by atoms with Gasteiger partial charge in [0.05, 0.1) is 20.3 Å². The minimum atomic E-state index is -2.21. The highest BCUT2D eigenvalue weighted by molar-refractivity contribution is 5.49. The molecule has 0 bridgehead atoms. The van der Waals surface area contributed by atoms with E-state index in [2.05, 4.69) is 0 Å². The number of likely N-dealkylation sites (N-methyl/N-ethyl adjacent to an activating group) is 1. The number of ether oxygens (including phenoxy) is 2. The zero-order valence-corrected chi connectivity index (χ0v) is 12.4. The van der Waals surface area contributed by atoms with Crippen LogP contribution in [0.3, 0.4) is 0 Å². The zero-order valence-electron chi connectivity index (χ0n) is 15.4. The molecule has 1 aliphatic carbocycles. The summed E-state index contributed by atoms with van der Waals surface area (Å²) < 4.78 is 34.1. The van der Waals surface area contributed by atoms with Gasteiger partial charge in [-0.3, -0.25) is 0 Å². The van der Waals surface area contributed by atoms with E-state index in [-0.39, 0.29) is 0 Å². The molecule has 2 aliphatic rings. The Kier molecular flexibility index (Phi) is 2.75. The van der Waals surface area contributed by atoms with Crippen LogP contribution in [0.1, 0.15) is 28.9 Å². The normalized spacial score (nSPS) is 30.8. The summed E-state index contributed by atoms with van der Waals surface area (Å²) in [6, 6.07) is 5.74. The molecule has 0 saturated carbocycles. The summed E-state index contributed by atoms with van der Waals surface area (Å²) in [5.74, 6) is 1.27. The number of hydrogen-bond donors (Lipinski definition) is 1. The van der Waals surface area contributed by atoms with Gasteiger partial charge in [-0.2, -0.15) is 0 Å². The summed E-state index contributed by atoms with van der Waals surface area (Å²) in [4.78, 5) is 1.45. The molecule has 4 nitrogen and oxygen atoms in total. The minimum absolute atomic E-state index is 0.396. The highest BCUT2D eigenvalue weighted by atomic mass is 16.5. The first-order valence-electron chi connectivity index (χ1n) is 8.72. The molecule has 0 unspecified atom stereocenters. The van der Waals surface area contributed by atoms with Crippen molar-refractivity contribution in [2.24, 2.45) is 0 Å². The summed E-state index contributed by atoms with van der Waals surface area (Å²) in [6.07, 6.45) is 3.14. The van der Waals surface area contributed by atoms with Gasteiger partial charge in [-0.1, -0.05) is 6.07 Å². The summed E-state index contributed by atoms with van der Waals surface area (Å²) in [5, 5.41) is 10.1. The maximum absolute atomic E-state index is 10.1. The van der Waals surface area contributed by atoms with Gasteiger partial charge in [-0.05, 0) is 43.0 Å². The third kappa shape index (κ3) is 2.18. The quantitative estimate of drug-likeness (QED) is 0.928. The maximum Gasteiger partial charge on any atom is 0.161 e. The lowest BCUT2D eigenvalue weighted by molar-refractivity contribution is 0.181. The molecule has 1 fully saturated rings. The number of likely N-dealkylation sites (tertiary alicyclic amines) is 1. The van der Waals surface area contributed by atoms with Gasteiger partial charge in [0.1, 0.15) is 0 Å². The van der Waals surface area contributed by atoms with Crippen molar-refractivity contribution in [3.05, 3.63) is 35.5 Å². The van der Waals surface area contributed by atoms with Crippen LogP contribution in [0.25, 0.3) is 0 Å². The molecule has 1 heterocycles. The lowest BCUT2D eigenvalue weighted by Gasteiger charge is -2.37. The van der Waals surface area contributed by atoms with Gasteiger partial charge in [0, 0.05) is 28.7 Å². The predicted molar refractivity (Wildman–Crippen MR) is 81.8 cm³/mol. The van der Waals surface area contributed by atoms with E-state index in [0.29, 0.717) is 43.0 Å². The molecule has 1 aromatic carbocycles. The maximum atomic E-state index is 10.1. The summed E-state index contributed by atoms with van der Waals surface area (Å²) in [6.45, 7) is -1.76. The van der Waals surface area contributed by atoms with Crippen LogP contribution in [0, 0.1) is 0 Å². The standard InChI is InChI=1S/C17H23NO3/c1-18-9-8-17(7-6-13(19)11-16(17)18)12-4-5-14(20-2)15(10-12)21-3/h4-5,10-11,13,19H,6-9H2,1-3H3/t13-,17-/m0/s1/i1D3. The minimum Gasteiger partial charge on any atom is -0.493 e. The molecule has 1 saturated heterocycles. The van der Waals surface area contributed by atoms with Crippen LogP contribution in [0.2, 0.25) is 0 Å². The second-order valence-electron chi connectivity index (χ2n) is 5.71. The third-order valence-corrected chi connectivity index (χ3v) is 4.70. The number of benzene rings is 1. The van der Waals surface area contributed by atoms with Gasteiger partial charge in [0.25, 0.3) is 0 Å². The third-order valence-electron chi connectivity index (χ3n) is 4.70. The molecule has 2 atom stereocenters. The number of fused-ring (bicyclic) bond motifs is 1. The molecular weight excluding hydrogens is 266 g/mol. The van der Waals surface area contributed by atoms with Gasteiger partial charge in [0.15, 0.2) is 11.5 Å². The fourth-order valence-corrected chi connectivity index (χ4v) is 3.54. The largest absolute Gasteiger partial charge is 0.493 e. The van der Waals surface area contributed by atoms with Gasteiger partial charge < -0.3 is 19.5 Å². The molecule has 0 amide bonds. The molecule has 4 heteroatoms. The van der Waals surface area contributed by atoms with Crippen LogP contribution in [0.15, 0.2) is 30.0 Å². The predicted octanol–water partition coefficient (Wildman–Crippen LogP) is 2.32. The van der Waals surface area contributed by atoms with Gasteiger partial charge in [-0.15, -0.1) is 0 Å². The van der Waals surface area contributed by atoms with Crippen LogP contribution >= 0.6 is 0 Å². The molecule has 114 valence electrons. The van der Waals surface area contributed by atoms with Crippen molar-refractivity contribution in [1.82, 2.24) is 4.90 Å². The number of aliphatic hydroxyl groups is 1. The average molecular weight is 292 g/mol. The number of methoxy groups -OCH3 is 2. The molecule has 3 rings (SSSR count). The van der Waals surface area contributed by atoms with Crippen LogP contribution in [-0.4, -0.2) is 43.9 Å². The van der Waals surface area contributed by atoms with Crippen LogP contribution in [0.5, 0.6) is 11.5 Å². The SMILES string of the molecule is [2H]C([2H])([2H])N1CC[C@]2(c3ccc(OC)c(OC)c3)CC[C@H](O)C=C12. The Bertz CT molecular complexity index is 659. The van der Waals surface area contributed by atoms with Gasteiger partial charge in [-0.25, -0.2) is 0 Å². The van der Waals surface area contributed by atoms with E-state index in [4.69, 9.17) is 13.6 Å². The molecule has 1 aliphatic heterocycles. The Labute approximate surface area is 130 Å². The number of nitrogens with zero attached hydrogens (tertiary/aromatic N) is 1. The van der Waals surface area contributed by atoms with E-state index in [1.54, 1.807) is 20.3 Å². The van der Waals surface area contributed by atoms with Crippen LogP contribution in [0.4, 0.5) is 0 Å². The average Bonchev–Trinajstić information content (AvgIpc) is 2.94.